The van der Waals surface area contributed by atoms with Crippen molar-refractivity contribution >= 4 is 22.7 Å². The zero-order valence-electron chi connectivity index (χ0n) is 13.3. The molecule has 0 bridgehead atoms. The summed E-state index contributed by atoms with van der Waals surface area (Å²) in [6.07, 6.45) is -14.9. The number of hydrogen-bond acceptors (Lipinski definition) is 2. The van der Waals surface area contributed by atoms with Crippen molar-refractivity contribution in [2.24, 2.45) is 0 Å². The molecule has 0 unspecified atom stereocenters. The van der Waals surface area contributed by atoms with Gasteiger partial charge in [-0.2, -0.15) is 39.5 Å². The summed E-state index contributed by atoms with van der Waals surface area (Å²) in [7, 11) is 0. The average molecular weight is 413 g/mol. The molecule has 3 aromatic rings. The molecule has 0 spiro atoms. The van der Waals surface area contributed by atoms with Gasteiger partial charge in [0, 0.05) is 5.69 Å². The van der Waals surface area contributed by atoms with Crippen LogP contribution in [0.1, 0.15) is 16.7 Å². The lowest BCUT2D eigenvalue weighted by Gasteiger charge is -2.14. The number of aromatic nitrogens is 2. The Balaban J connectivity index is 2.06. The van der Waals surface area contributed by atoms with E-state index in [0.717, 1.165) is 12.1 Å². The summed E-state index contributed by atoms with van der Waals surface area (Å²) < 4.78 is 116. The summed E-state index contributed by atoms with van der Waals surface area (Å²) in [5.74, 6) is -0.445. The maximum Gasteiger partial charge on any atom is 0.418 e. The molecule has 0 atom stereocenters. The van der Waals surface area contributed by atoms with Gasteiger partial charge >= 0.3 is 18.5 Å². The van der Waals surface area contributed by atoms with E-state index >= 15 is 0 Å². The molecule has 3 rings (SSSR count). The Hall–Kier alpha value is -2.92. The highest BCUT2D eigenvalue weighted by atomic mass is 19.4. The Labute approximate surface area is 150 Å². The zero-order chi connectivity index (χ0) is 20.9. The minimum absolute atomic E-state index is 0.0639. The molecule has 0 aliphatic rings. The zero-order valence-corrected chi connectivity index (χ0v) is 13.3. The molecule has 0 saturated heterocycles. The first-order chi connectivity index (χ1) is 12.7. The summed E-state index contributed by atoms with van der Waals surface area (Å²) >= 11 is 0. The number of H-pyrrole nitrogens is 1. The van der Waals surface area contributed by atoms with Crippen LogP contribution in [0.4, 0.5) is 51.1 Å². The van der Waals surface area contributed by atoms with Crippen LogP contribution < -0.4 is 5.32 Å². The van der Waals surface area contributed by atoms with E-state index in [4.69, 9.17) is 0 Å². The van der Waals surface area contributed by atoms with E-state index in [9.17, 15) is 39.5 Å². The fraction of sp³-hybridized carbons (Fsp3) is 0.188. The van der Waals surface area contributed by atoms with Gasteiger partial charge in [-0.05, 0) is 30.3 Å². The normalized spacial score (nSPS) is 13.2. The minimum atomic E-state index is -5.06. The molecular weight excluding hydrogens is 405 g/mol. The third kappa shape index (κ3) is 3.99. The number of nitrogens with one attached hydrogen (secondary N) is 2. The van der Waals surface area contributed by atoms with Crippen molar-refractivity contribution in [1.82, 2.24) is 9.97 Å². The highest BCUT2D eigenvalue weighted by Gasteiger charge is 2.37. The summed E-state index contributed by atoms with van der Waals surface area (Å²) in [6.45, 7) is 0. The number of hydrogen-bond donors (Lipinski definition) is 2. The van der Waals surface area contributed by atoms with Crippen molar-refractivity contribution in [3.05, 3.63) is 53.1 Å². The first-order valence-electron chi connectivity index (χ1n) is 7.37. The predicted octanol–water partition coefficient (Wildman–Crippen LogP) is 6.36. The average Bonchev–Trinajstić information content (AvgIpc) is 2.93. The SMILES string of the molecule is FC(F)(F)c1cc(Nc2nc3c(C(F)(F)F)cccc3[nH]2)cc(C(F)(F)F)c1. The standard InChI is InChI=1S/C16H8F9N3/c17-14(18,19)7-4-8(15(20,21)22)6-9(5-7)26-13-27-11-3-1-2-10(12(11)28-13)16(23,24)25/h1-6H,(H2,26,27,28). The van der Waals surface area contributed by atoms with Crippen LogP contribution in [-0.2, 0) is 18.5 Å². The summed E-state index contributed by atoms with van der Waals surface area (Å²) in [4.78, 5) is 6.00. The van der Waals surface area contributed by atoms with E-state index in [1.165, 1.54) is 6.07 Å². The molecular formula is C16H8F9N3. The number of fused-ring (bicyclic) bond motifs is 1. The molecule has 2 aromatic carbocycles. The minimum Gasteiger partial charge on any atom is -0.326 e. The van der Waals surface area contributed by atoms with Gasteiger partial charge in [0.25, 0.3) is 0 Å². The van der Waals surface area contributed by atoms with Crippen LogP contribution in [0.15, 0.2) is 36.4 Å². The smallest absolute Gasteiger partial charge is 0.326 e. The second kappa shape index (κ2) is 6.31. The van der Waals surface area contributed by atoms with E-state index in [2.05, 4.69) is 15.3 Å². The lowest BCUT2D eigenvalue weighted by atomic mass is 10.1. The van der Waals surface area contributed by atoms with Crippen LogP contribution in [0.3, 0.4) is 0 Å². The van der Waals surface area contributed by atoms with Crippen molar-refractivity contribution in [3.63, 3.8) is 0 Å². The molecule has 12 heteroatoms. The number of imidazole rings is 1. The quantitative estimate of drug-likeness (QED) is 0.480. The fourth-order valence-electron chi connectivity index (χ4n) is 2.48. The van der Waals surface area contributed by atoms with Crippen LogP contribution in [0.25, 0.3) is 11.0 Å². The first-order valence-corrected chi connectivity index (χ1v) is 7.37. The Morgan fingerprint density at radius 2 is 1.32 bits per heavy atom. The largest absolute Gasteiger partial charge is 0.418 e. The van der Waals surface area contributed by atoms with Crippen molar-refractivity contribution in [3.8, 4) is 0 Å². The summed E-state index contributed by atoms with van der Waals surface area (Å²) in [6, 6.07) is 3.79. The number of nitrogens with zero attached hydrogens (tertiary/aromatic N) is 1. The first kappa shape index (κ1) is 19.8. The van der Waals surface area contributed by atoms with Crippen LogP contribution in [0, 0.1) is 0 Å². The van der Waals surface area contributed by atoms with Gasteiger partial charge in [-0.25, -0.2) is 4.98 Å². The van der Waals surface area contributed by atoms with Crippen LogP contribution in [-0.4, -0.2) is 9.97 Å². The Morgan fingerprint density at radius 1 is 0.750 bits per heavy atom. The number of rotatable bonds is 2. The maximum absolute atomic E-state index is 13.0. The van der Waals surface area contributed by atoms with E-state index < -0.39 is 52.4 Å². The fourth-order valence-corrected chi connectivity index (χ4v) is 2.48. The third-order valence-electron chi connectivity index (χ3n) is 3.67. The van der Waals surface area contributed by atoms with Crippen molar-refractivity contribution < 1.29 is 39.5 Å². The second-order valence-corrected chi connectivity index (χ2v) is 5.70. The predicted molar refractivity (Wildman–Crippen MR) is 80.8 cm³/mol. The number of benzene rings is 2. The molecule has 0 aliphatic heterocycles. The van der Waals surface area contributed by atoms with Gasteiger partial charge in [0.1, 0.15) is 5.52 Å². The topological polar surface area (TPSA) is 40.7 Å². The number of halogens is 9. The number of para-hydroxylation sites is 1. The summed E-state index contributed by atoms with van der Waals surface area (Å²) in [5.41, 5.74) is -5.52. The number of aromatic amines is 1. The van der Waals surface area contributed by atoms with E-state index in [1.807, 2.05) is 0 Å². The van der Waals surface area contributed by atoms with Gasteiger partial charge in [-0.1, -0.05) is 6.07 Å². The lowest BCUT2D eigenvalue weighted by molar-refractivity contribution is -0.143. The monoisotopic (exact) mass is 413 g/mol. The molecule has 2 N–H and O–H groups in total. The van der Waals surface area contributed by atoms with E-state index in [-0.39, 0.29) is 11.6 Å². The molecule has 0 amide bonds. The third-order valence-corrected chi connectivity index (χ3v) is 3.67. The number of alkyl halides is 9. The van der Waals surface area contributed by atoms with Crippen LogP contribution in [0.5, 0.6) is 0 Å². The molecule has 28 heavy (non-hydrogen) atoms. The van der Waals surface area contributed by atoms with Gasteiger partial charge in [0.05, 0.1) is 22.2 Å². The molecule has 0 aliphatic carbocycles. The highest BCUT2D eigenvalue weighted by molar-refractivity contribution is 5.82. The Kier molecular flexibility index (Phi) is 4.47. The van der Waals surface area contributed by atoms with Gasteiger partial charge in [0.2, 0.25) is 5.95 Å². The van der Waals surface area contributed by atoms with Gasteiger partial charge in [0.15, 0.2) is 0 Å². The van der Waals surface area contributed by atoms with Gasteiger partial charge in [-0.15, -0.1) is 0 Å². The van der Waals surface area contributed by atoms with Crippen molar-refractivity contribution in [2.45, 2.75) is 18.5 Å². The molecule has 0 fully saturated rings. The molecule has 1 heterocycles. The molecule has 1 aromatic heterocycles. The molecule has 0 radical (unpaired) electrons. The number of anilines is 2. The van der Waals surface area contributed by atoms with Crippen molar-refractivity contribution in [2.75, 3.05) is 5.32 Å². The molecule has 3 nitrogen and oxygen atoms in total. The van der Waals surface area contributed by atoms with Crippen LogP contribution in [0.2, 0.25) is 0 Å². The van der Waals surface area contributed by atoms with Gasteiger partial charge < -0.3 is 10.3 Å². The lowest BCUT2D eigenvalue weighted by Crippen LogP contribution is -2.11. The molecule has 150 valence electrons. The van der Waals surface area contributed by atoms with Crippen LogP contribution >= 0.6 is 0 Å². The van der Waals surface area contributed by atoms with E-state index in [1.54, 1.807) is 0 Å². The Morgan fingerprint density at radius 3 is 1.82 bits per heavy atom. The van der Waals surface area contributed by atoms with Crippen molar-refractivity contribution in [1.29, 1.82) is 0 Å². The van der Waals surface area contributed by atoms with Gasteiger partial charge in [-0.3, -0.25) is 0 Å². The molecule has 0 saturated carbocycles. The summed E-state index contributed by atoms with van der Waals surface area (Å²) in [5, 5.41) is 2.16. The maximum atomic E-state index is 13.0. The second-order valence-electron chi connectivity index (χ2n) is 5.70. The highest BCUT2D eigenvalue weighted by Crippen LogP contribution is 2.38. The Bertz CT molecular complexity index is 981. The van der Waals surface area contributed by atoms with E-state index in [0.29, 0.717) is 12.1 Å².